The zero-order valence-electron chi connectivity index (χ0n) is 10.8. The average Bonchev–Trinajstić information content (AvgIpc) is 2.38. The molecule has 0 heterocycles. The molecule has 19 heavy (non-hydrogen) atoms. The van der Waals surface area contributed by atoms with E-state index in [-0.39, 0.29) is 4.99 Å². The van der Waals surface area contributed by atoms with Gasteiger partial charge in [0.05, 0.1) is 10.7 Å². The van der Waals surface area contributed by atoms with Crippen LogP contribution in [-0.4, -0.2) is 18.7 Å². The number of sulfonamides is 1. The quantitative estimate of drug-likeness (QED) is 0.834. The Bertz CT molecular complexity index is 597. The molecule has 3 N–H and O–H groups in total. The number of hydrogen-bond acceptors (Lipinski definition) is 3. The van der Waals surface area contributed by atoms with Crippen molar-refractivity contribution >= 4 is 32.9 Å². The molecule has 0 saturated carbocycles. The number of anilines is 1. The van der Waals surface area contributed by atoms with Gasteiger partial charge in [-0.15, -0.1) is 0 Å². The van der Waals surface area contributed by atoms with Crippen molar-refractivity contribution in [1.82, 2.24) is 0 Å². The summed E-state index contributed by atoms with van der Waals surface area (Å²) >= 11 is 4.76. The van der Waals surface area contributed by atoms with Gasteiger partial charge >= 0.3 is 0 Å². The highest BCUT2D eigenvalue weighted by atomic mass is 32.2. The lowest BCUT2D eigenvalue weighted by Crippen LogP contribution is -2.36. The second-order valence-corrected chi connectivity index (χ2v) is 7.31. The normalized spacial score (nSPS) is 16.5. The van der Waals surface area contributed by atoms with E-state index in [1.807, 2.05) is 6.07 Å². The summed E-state index contributed by atoms with van der Waals surface area (Å²) in [6, 6.07) is 5.74. The lowest BCUT2D eigenvalue weighted by atomic mass is 9.91. The zero-order valence-corrected chi connectivity index (χ0v) is 12.5. The van der Waals surface area contributed by atoms with Crippen LogP contribution in [0.5, 0.6) is 0 Å². The van der Waals surface area contributed by atoms with E-state index in [1.54, 1.807) is 6.07 Å². The Balaban J connectivity index is 2.32. The molecule has 0 amide bonds. The van der Waals surface area contributed by atoms with E-state index < -0.39 is 15.3 Å². The summed E-state index contributed by atoms with van der Waals surface area (Å²) in [5, 5.41) is -0.873. The number of aryl methyl sites for hydroxylation is 1. The van der Waals surface area contributed by atoms with Gasteiger partial charge in [0.25, 0.3) is 0 Å². The first kappa shape index (κ1) is 14.3. The summed E-state index contributed by atoms with van der Waals surface area (Å²) in [6.45, 7) is 1.50. The van der Waals surface area contributed by atoms with Crippen molar-refractivity contribution in [2.75, 3.05) is 4.72 Å². The molecule has 1 aromatic carbocycles. The Labute approximate surface area is 119 Å². The van der Waals surface area contributed by atoms with Crippen molar-refractivity contribution in [2.45, 2.75) is 37.9 Å². The molecule has 4 nitrogen and oxygen atoms in total. The first-order valence-electron chi connectivity index (χ1n) is 6.33. The maximum Gasteiger partial charge on any atom is 0.241 e. The van der Waals surface area contributed by atoms with E-state index in [9.17, 15) is 8.42 Å². The molecule has 1 aliphatic rings. The van der Waals surface area contributed by atoms with Crippen molar-refractivity contribution in [3.8, 4) is 0 Å². The smallest absolute Gasteiger partial charge is 0.241 e. The molecule has 104 valence electrons. The fraction of sp³-hybridized carbons (Fsp3) is 0.462. The van der Waals surface area contributed by atoms with Gasteiger partial charge in [-0.1, -0.05) is 24.4 Å². The predicted octanol–water partition coefficient (Wildman–Crippen LogP) is 1.98. The summed E-state index contributed by atoms with van der Waals surface area (Å²) in [6.07, 6.45) is 4.17. The topological polar surface area (TPSA) is 72.2 Å². The maximum absolute atomic E-state index is 12.1. The van der Waals surface area contributed by atoms with Crippen molar-refractivity contribution in [3.63, 3.8) is 0 Å². The van der Waals surface area contributed by atoms with Crippen LogP contribution in [0.1, 0.15) is 30.9 Å². The van der Waals surface area contributed by atoms with Gasteiger partial charge < -0.3 is 5.73 Å². The third kappa shape index (κ3) is 3.06. The van der Waals surface area contributed by atoms with Crippen LogP contribution in [-0.2, 0) is 22.9 Å². The van der Waals surface area contributed by atoms with Crippen molar-refractivity contribution in [1.29, 1.82) is 0 Å². The summed E-state index contributed by atoms with van der Waals surface area (Å²) in [5.74, 6) is 0. The molecule has 0 saturated heterocycles. The molecule has 2 rings (SSSR count). The number of benzene rings is 1. The van der Waals surface area contributed by atoms with E-state index >= 15 is 0 Å². The van der Waals surface area contributed by atoms with Crippen LogP contribution in [0.2, 0.25) is 0 Å². The Hall–Kier alpha value is -1.14. The van der Waals surface area contributed by atoms with Gasteiger partial charge in [-0.25, -0.2) is 8.42 Å². The molecule has 6 heteroatoms. The number of nitrogens with one attached hydrogen (secondary N) is 1. The second kappa shape index (κ2) is 5.46. The van der Waals surface area contributed by atoms with Gasteiger partial charge in [-0.05, 0) is 49.8 Å². The minimum absolute atomic E-state index is 0.0164. The Kier molecular flexibility index (Phi) is 4.10. The van der Waals surface area contributed by atoms with Crippen LogP contribution in [0, 0.1) is 0 Å². The van der Waals surface area contributed by atoms with Crippen molar-refractivity contribution in [2.24, 2.45) is 5.73 Å². The Morgan fingerprint density at radius 3 is 2.74 bits per heavy atom. The number of hydrogen-bond donors (Lipinski definition) is 2. The van der Waals surface area contributed by atoms with Gasteiger partial charge in [0.1, 0.15) is 5.25 Å². The van der Waals surface area contributed by atoms with Crippen LogP contribution < -0.4 is 10.5 Å². The van der Waals surface area contributed by atoms with Crippen LogP contribution in [0.4, 0.5) is 5.69 Å². The van der Waals surface area contributed by atoms with E-state index in [4.69, 9.17) is 18.0 Å². The molecule has 0 aliphatic heterocycles. The number of rotatable bonds is 4. The van der Waals surface area contributed by atoms with Crippen LogP contribution in [0.15, 0.2) is 18.2 Å². The first-order chi connectivity index (χ1) is 8.92. The molecule has 1 atom stereocenters. The molecule has 0 fully saturated rings. The van der Waals surface area contributed by atoms with Crippen molar-refractivity contribution < 1.29 is 8.42 Å². The van der Waals surface area contributed by atoms with Crippen molar-refractivity contribution in [3.05, 3.63) is 29.3 Å². The molecule has 0 aromatic heterocycles. The molecule has 0 bridgehead atoms. The lowest BCUT2D eigenvalue weighted by molar-refractivity contribution is 0.598. The van der Waals surface area contributed by atoms with Gasteiger partial charge in [-0.3, -0.25) is 4.72 Å². The molecule has 1 aliphatic carbocycles. The molecular formula is C13H18N2O2S2. The largest absolute Gasteiger partial charge is 0.392 e. The highest BCUT2D eigenvalue weighted by Crippen LogP contribution is 2.28. The Morgan fingerprint density at radius 1 is 1.37 bits per heavy atom. The second-order valence-electron chi connectivity index (χ2n) is 4.84. The van der Waals surface area contributed by atoms with Gasteiger partial charge in [0.15, 0.2) is 0 Å². The predicted molar refractivity (Wildman–Crippen MR) is 81.9 cm³/mol. The molecule has 0 radical (unpaired) electrons. The number of nitrogens with two attached hydrogens (primary N) is 1. The Morgan fingerprint density at radius 2 is 2.05 bits per heavy atom. The monoisotopic (exact) mass is 298 g/mol. The molecule has 1 aromatic rings. The minimum Gasteiger partial charge on any atom is -0.392 e. The number of fused-ring (bicyclic) bond motifs is 1. The van der Waals surface area contributed by atoms with Gasteiger partial charge in [0.2, 0.25) is 10.0 Å². The third-order valence-corrected chi connectivity index (χ3v) is 5.71. The highest BCUT2D eigenvalue weighted by molar-refractivity contribution is 7.95. The van der Waals surface area contributed by atoms with Crippen LogP contribution in [0.3, 0.4) is 0 Å². The summed E-state index contributed by atoms with van der Waals surface area (Å²) in [4.78, 5) is -0.0164. The van der Waals surface area contributed by atoms with Crippen LogP contribution in [0.25, 0.3) is 0 Å². The fourth-order valence-corrected chi connectivity index (χ4v) is 3.63. The zero-order chi connectivity index (χ0) is 14.0. The maximum atomic E-state index is 12.1. The first-order valence-corrected chi connectivity index (χ1v) is 8.29. The van der Waals surface area contributed by atoms with Gasteiger partial charge in [0, 0.05) is 0 Å². The summed E-state index contributed by atoms with van der Waals surface area (Å²) in [7, 11) is -3.56. The summed E-state index contributed by atoms with van der Waals surface area (Å²) in [5.41, 5.74) is 8.43. The van der Waals surface area contributed by atoms with E-state index in [2.05, 4.69) is 10.8 Å². The molecular weight excluding hydrogens is 280 g/mol. The van der Waals surface area contributed by atoms with E-state index in [1.165, 1.54) is 12.5 Å². The van der Waals surface area contributed by atoms with Gasteiger partial charge in [-0.2, -0.15) is 0 Å². The lowest BCUT2D eigenvalue weighted by Gasteiger charge is -2.21. The standard InChI is InChI=1S/C13H18N2O2S2/c1-9(13(14)18)19(16,17)15-12-8-4-6-10-5-2-3-7-11(10)12/h4,6,8-9,15H,2-3,5,7H2,1H3,(H2,14,18). The van der Waals surface area contributed by atoms with E-state index in [0.717, 1.165) is 31.2 Å². The third-order valence-electron chi connectivity index (χ3n) is 3.51. The van der Waals surface area contributed by atoms with E-state index in [0.29, 0.717) is 5.69 Å². The highest BCUT2D eigenvalue weighted by Gasteiger charge is 2.25. The van der Waals surface area contributed by atoms with Crippen LogP contribution >= 0.6 is 12.2 Å². The SMILES string of the molecule is CC(C(N)=S)S(=O)(=O)Nc1cccc2c1CCCC2. The minimum atomic E-state index is -3.56. The molecule has 0 spiro atoms. The average molecular weight is 298 g/mol. The number of thiocarbonyl (C=S) groups is 1. The summed E-state index contributed by atoms with van der Waals surface area (Å²) < 4.78 is 26.9. The molecule has 1 unspecified atom stereocenters. The fourth-order valence-electron chi connectivity index (χ4n) is 2.27.